The summed E-state index contributed by atoms with van der Waals surface area (Å²) in [5, 5.41) is 1.28. The number of allylic oxidation sites excluding steroid dienone is 6. The van der Waals surface area contributed by atoms with Crippen molar-refractivity contribution < 1.29 is 62.3 Å². The van der Waals surface area contributed by atoms with E-state index in [0.717, 1.165) is 28.9 Å². The first kappa shape index (κ1) is 56.2. The maximum atomic E-state index is 16.2. The largest absolute Gasteiger partial charge is 0.380 e. The average molecular weight is 1250 g/mol. The van der Waals surface area contributed by atoms with E-state index in [2.05, 4.69) is 0 Å². The van der Waals surface area contributed by atoms with Gasteiger partial charge in [-0.05, 0) is 125 Å². The van der Waals surface area contributed by atoms with Crippen molar-refractivity contribution in [2.75, 3.05) is 13.1 Å². The van der Waals surface area contributed by atoms with Crippen molar-refractivity contribution in [2.45, 2.75) is 105 Å². The Balaban J connectivity index is 0.756. The van der Waals surface area contributed by atoms with Crippen LogP contribution < -0.4 is 0 Å². The Kier molecular flexibility index (Phi) is 11.6. The van der Waals surface area contributed by atoms with Gasteiger partial charge in [0.25, 0.3) is 11.8 Å². The average Bonchev–Trinajstić information content (AvgIpc) is 1.49. The van der Waals surface area contributed by atoms with E-state index in [1.165, 1.54) is 52.7 Å². The predicted molar refractivity (Wildman–Crippen MR) is 313 cm³/mol. The van der Waals surface area contributed by atoms with E-state index >= 15 is 52.7 Å². The van der Waals surface area contributed by atoms with Gasteiger partial charge in [0.05, 0.1) is 19.0 Å². The van der Waals surface area contributed by atoms with Crippen LogP contribution in [0.3, 0.4) is 0 Å². The highest BCUT2D eigenvalue weighted by molar-refractivity contribution is 8.12. The molecular weight excluding hydrogens is 1210 g/mol. The van der Waals surface area contributed by atoms with E-state index in [0.29, 0.717) is 58.4 Å². The fourth-order valence-electron chi connectivity index (χ4n) is 14.4. The van der Waals surface area contributed by atoms with E-state index in [1.54, 1.807) is 137 Å². The monoisotopic (exact) mass is 1250 g/mol. The minimum atomic E-state index is -5.72. The molecule has 9 aliphatic rings. The molecule has 4 unspecified atom stereocenters. The first-order valence-electron chi connectivity index (χ1n) is 27.4. The lowest BCUT2D eigenvalue weighted by Gasteiger charge is -2.47. The van der Waals surface area contributed by atoms with Crippen LogP contribution in [0.5, 0.6) is 0 Å². The number of alkyl halides is 12. The first-order chi connectivity index (χ1) is 40.5. The van der Waals surface area contributed by atoms with Crippen LogP contribution in [0.15, 0.2) is 189 Å². The van der Waals surface area contributed by atoms with Gasteiger partial charge in [0, 0.05) is 84.6 Å². The molecule has 2 amide bonds. The summed E-state index contributed by atoms with van der Waals surface area (Å²) in [5.74, 6) is -33.2. The highest BCUT2D eigenvalue weighted by atomic mass is 32.2. The quantitative estimate of drug-likeness (QED) is 0.106. The second kappa shape index (κ2) is 17.7. The van der Waals surface area contributed by atoms with Gasteiger partial charge in [-0.25, -0.2) is 0 Å². The van der Waals surface area contributed by atoms with Gasteiger partial charge in [-0.1, -0.05) is 109 Å². The summed E-state index contributed by atoms with van der Waals surface area (Å²) in [4.78, 5) is 33.2. The van der Waals surface area contributed by atoms with E-state index in [1.807, 2.05) is 17.0 Å². The summed E-state index contributed by atoms with van der Waals surface area (Å²) in [5.41, 5.74) is -2.89. The second-order valence-electron chi connectivity index (χ2n) is 23.7. The molecule has 86 heavy (non-hydrogen) atoms. The van der Waals surface area contributed by atoms with Crippen molar-refractivity contribution in [1.82, 2.24) is 9.80 Å². The molecule has 438 valence electrons. The lowest BCUT2D eigenvalue weighted by Crippen LogP contribution is -2.48. The Bertz CT molecular complexity index is 4070. The van der Waals surface area contributed by atoms with Gasteiger partial charge in [0.1, 0.15) is 0 Å². The molecule has 4 aliphatic carbocycles. The van der Waals surface area contributed by atoms with Crippen LogP contribution in [0.25, 0.3) is 31.7 Å². The minimum absolute atomic E-state index is 0.0551. The first-order valence-corrected chi connectivity index (χ1v) is 30.7. The second-order valence-corrected chi connectivity index (χ2v) is 29.5. The van der Waals surface area contributed by atoms with E-state index < -0.39 is 88.6 Å². The number of nitrogens with zero attached hydrogens (tertiary/aromatic N) is 2. The van der Waals surface area contributed by atoms with Crippen LogP contribution in [-0.2, 0) is 13.1 Å². The zero-order valence-electron chi connectivity index (χ0n) is 45.6. The Labute approximate surface area is 501 Å². The maximum Gasteiger partial charge on any atom is 0.380 e. The van der Waals surface area contributed by atoms with Crippen molar-refractivity contribution in [3.05, 3.63) is 224 Å². The van der Waals surface area contributed by atoms with E-state index in [9.17, 15) is 9.59 Å². The minimum Gasteiger partial charge on any atom is -0.293 e. The summed E-state index contributed by atoms with van der Waals surface area (Å²) in [7, 11) is 0. The molecule has 0 spiro atoms. The van der Waals surface area contributed by atoms with Crippen LogP contribution in [0.4, 0.5) is 52.7 Å². The molecule has 4 nitrogen and oxygen atoms in total. The van der Waals surface area contributed by atoms with Gasteiger partial charge < -0.3 is 0 Å². The molecule has 0 radical (unpaired) electrons. The number of hydrogen-bond donors (Lipinski definition) is 0. The standard InChI is InChI=1S/C66H44F12N2O2S4/c1-57-42(51-53(63(71,72)65(75,76)61(51,67)68)49-38-13-5-7-17-44(38)83-59(49,57)3)29-46(85-57)35-23-19-33(20-24-35)31-79(27-28-80-55(81)40-15-9-11-37-12-10-16-41(48(37)40)56(80)82)32-34-21-25-36(26-22-34)47-30-43-52-54(64(73,74)66(77,78)62(52,69)70)50-39-14-6-8-18-45(39)84-60(50,4)58(43,2)86-47/h5-26,29-30H,27-28,31-32H2,1-4H3. The van der Waals surface area contributed by atoms with Crippen molar-refractivity contribution in [2.24, 2.45) is 0 Å². The van der Waals surface area contributed by atoms with Gasteiger partial charge in [-0.2, -0.15) is 52.7 Å². The van der Waals surface area contributed by atoms with Crippen LogP contribution in [-0.4, -0.2) is 89.2 Å². The number of amides is 2. The van der Waals surface area contributed by atoms with Gasteiger partial charge in [0.2, 0.25) is 0 Å². The van der Waals surface area contributed by atoms with Gasteiger partial charge in [-0.15, -0.1) is 47.0 Å². The molecule has 6 aromatic carbocycles. The lowest BCUT2D eigenvalue weighted by atomic mass is 9.69. The molecule has 5 aliphatic heterocycles. The summed E-state index contributed by atoms with van der Waals surface area (Å²) >= 11 is 4.66. The van der Waals surface area contributed by atoms with Crippen LogP contribution in [0.2, 0.25) is 0 Å². The maximum absolute atomic E-state index is 16.2. The van der Waals surface area contributed by atoms with Gasteiger partial charge in [0.15, 0.2) is 0 Å². The normalized spacial score (nSPS) is 28.6. The molecule has 2 fully saturated rings. The fourth-order valence-corrected chi connectivity index (χ4v) is 20.7. The Hall–Kier alpha value is -6.32. The molecular formula is C66H44F12N2O2S4. The van der Waals surface area contributed by atoms with Crippen molar-refractivity contribution in [3.8, 4) is 0 Å². The molecule has 15 rings (SSSR count). The van der Waals surface area contributed by atoms with Gasteiger partial charge in [-0.3, -0.25) is 19.4 Å². The zero-order chi connectivity index (χ0) is 60.6. The number of imide groups is 1. The number of fused-ring (bicyclic) bond motifs is 12. The number of halogens is 12. The van der Waals surface area contributed by atoms with Crippen molar-refractivity contribution in [1.29, 1.82) is 0 Å². The third-order valence-electron chi connectivity index (χ3n) is 19.1. The smallest absolute Gasteiger partial charge is 0.293 e. The molecule has 0 bridgehead atoms. The van der Waals surface area contributed by atoms with Crippen molar-refractivity contribution >= 4 is 90.6 Å². The summed E-state index contributed by atoms with van der Waals surface area (Å²) in [6, 6.07) is 37.2. The van der Waals surface area contributed by atoms with Crippen molar-refractivity contribution in [3.63, 3.8) is 0 Å². The molecule has 0 N–H and O–H groups in total. The fraction of sp³-hybridized carbons (Fsp3) is 0.273. The molecule has 0 aromatic heterocycles. The Morgan fingerprint density at radius 2 is 0.779 bits per heavy atom. The molecule has 5 heterocycles. The van der Waals surface area contributed by atoms with Crippen LogP contribution in [0, 0.1) is 0 Å². The molecule has 6 aromatic rings. The highest BCUT2D eigenvalue weighted by Crippen LogP contribution is 2.79. The topological polar surface area (TPSA) is 40.6 Å². The van der Waals surface area contributed by atoms with Crippen LogP contribution in [0.1, 0.15) is 81.8 Å². The van der Waals surface area contributed by atoms with Crippen LogP contribution >= 0.6 is 47.0 Å². The summed E-state index contributed by atoms with van der Waals surface area (Å²) < 4.78 is 186. The Morgan fingerprint density at radius 1 is 0.407 bits per heavy atom. The highest BCUT2D eigenvalue weighted by Gasteiger charge is 2.86. The lowest BCUT2D eigenvalue weighted by molar-refractivity contribution is -0.258. The SMILES string of the molecule is CC12SC(c3ccc(CN(CCN4C(=O)c5cccc6cccc(c56)C4=O)Cc4ccc(C5=CC6=C7C(=C8c9ccccc9SC8(C)C6(C)S5)C(F)(F)C(F)(F)C7(F)F)cc4)cc3)=CC1=C1C(=C3c4ccccc4SC32C)C(F)(F)C(F)(F)C1(F)F. The molecule has 4 atom stereocenters. The predicted octanol–water partition coefficient (Wildman–Crippen LogP) is 17.9. The van der Waals surface area contributed by atoms with E-state index in [4.69, 9.17) is 0 Å². The number of benzene rings is 6. The summed E-state index contributed by atoms with van der Waals surface area (Å²) in [6.45, 7) is 7.01. The molecule has 20 heteroatoms. The van der Waals surface area contributed by atoms with E-state index in [-0.39, 0.29) is 59.6 Å². The zero-order valence-corrected chi connectivity index (χ0v) is 48.8. The number of carbonyl (C=O) groups is 2. The molecule has 2 saturated carbocycles. The number of carbonyl (C=O) groups excluding carboxylic acids is 2. The third kappa shape index (κ3) is 6.83. The summed E-state index contributed by atoms with van der Waals surface area (Å²) in [6.07, 6.45) is 2.66. The number of thioether (sulfide) groups is 4. The third-order valence-corrected chi connectivity index (χ3v) is 25.8. The number of hydrogen-bond acceptors (Lipinski definition) is 7. The van der Waals surface area contributed by atoms with Gasteiger partial charge >= 0.3 is 35.5 Å². The Morgan fingerprint density at radius 3 is 1.19 bits per heavy atom. The number of rotatable bonds is 9. The molecule has 0 saturated heterocycles.